The quantitative estimate of drug-likeness (QED) is 0.588. The van der Waals surface area contributed by atoms with Crippen LogP contribution < -0.4 is 0 Å². The average molecular weight is 426 g/mol. The van der Waals surface area contributed by atoms with Crippen molar-refractivity contribution in [3.63, 3.8) is 0 Å². The van der Waals surface area contributed by atoms with Crippen LogP contribution in [0, 0.1) is 0 Å². The number of aromatic nitrogens is 1. The molecule has 0 bridgehead atoms. The van der Waals surface area contributed by atoms with Crippen molar-refractivity contribution in [3.05, 3.63) is 71.4 Å². The van der Waals surface area contributed by atoms with Gasteiger partial charge in [-0.1, -0.05) is 42.5 Å². The molecular weight excluding hydrogens is 398 g/mol. The molecular formula is C24H28ClN3O2. The molecule has 1 aliphatic heterocycles. The summed E-state index contributed by atoms with van der Waals surface area (Å²) < 4.78 is 0. The number of hydrogen-bond donors (Lipinski definition) is 1. The van der Waals surface area contributed by atoms with Gasteiger partial charge in [0, 0.05) is 30.2 Å². The number of rotatable bonds is 7. The van der Waals surface area contributed by atoms with Gasteiger partial charge in [-0.2, -0.15) is 0 Å². The Morgan fingerprint density at radius 1 is 0.933 bits per heavy atom. The summed E-state index contributed by atoms with van der Waals surface area (Å²) in [5.74, 6) is -0.164. The van der Waals surface area contributed by atoms with Crippen LogP contribution in [0.3, 0.4) is 0 Å². The molecule has 0 spiro atoms. The first-order chi connectivity index (χ1) is 14.1. The summed E-state index contributed by atoms with van der Waals surface area (Å²) in [4.78, 5) is 32.2. The number of nitrogens with zero attached hydrogens (tertiary/aromatic N) is 2. The first-order valence-electron chi connectivity index (χ1n) is 10.3. The molecule has 0 saturated heterocycles. The number of fused-ring (bicyclic) bond motifs is 2. The highest BCUT2D eigenvalue weighted by Crippen LogP contribution is 2.19. The van der Waals surface area contributed by atoms with Crippen LogP contribution in [0.2, 0.25) is 0 Å². The van der Waals surface area contributed by atoms with Crippen molar-refractivity contribution < 1.29 is 9.59 Å². The third kappa shape index (κ3) is 4.91. The first-order valence-corrected chi connectivity index (χ1v) is 10.3. The second kappa shape index (κ2) is 9.92. The summed E-state index contributed by atoms with van der Waals surface area (Å²) in [6.07, 6.45) is 4.48. The Hall–Kier alpha value is -2.63. The zero-order chi connectivity index (χ0) is 20.2. The molecule has 0 radical (unpaired) electrons. The molecule has 0 aliphatic carbocycles. The summed E-state index contributed by atoms with van der Waals surface area (Å²) in [6.45, 7) is 2.28. The number of nitrogens with one attached hydrogen (secondary N) is 1. The van der Waals surface area contributed by atoms with E-state index in [1.54, 1.807) is 0 Å². The topological polar surface area (TPSA) is 56.4 Å². The lowest BCUT2D eigenvalue weighted by Gasteiger charge is -2.21. The summed E-state index contributed by atoms with van der Waals surface area (Å²) in [5.41, 5.74) is 4.45. The van der Waals surface area contributed by atoms with E-state index in [2.05, 4.69) is 41.3 Å². The van der Waals surface area contributed by atoms with Gasteiger partial charge in [-0.05, 0) is 49.2 Å². The van der Waals surface area contributed by atoms with Gasteiger partial charge in [0.2, 0.25) is 11.8 Å². The molecule has 0 atom stereocenters. The Kier molecular flexibility index (Phi) is 7.29. The smallest absolute Gasteiger partial charge is 0.233 e. The summed E-state index contributed by atoms with van der Waals surface area (Å²) in [7, 11) is 2.09. The van der Waals surface area contributed by atoms with E-state index in [4.69, 9.17) is 0 Å². The Morgan fingerprint density at radius 2 is 1.57 bits per heavy atom. The molecule has 0 unspecified atom stereocenters. The van der Waals surface area contributed by atoms with Gasteiger partial charge < -0.3 is 9.88 Å². The number of carbonyl (C=O) groups excluding carboxylic acids is 2. The van der Waals surface area contributed by atoms with E-state index in [0.29, 0.717) is 19.4 Å². The van der Waals surface area contributed by atoms with Crippen molar-refractivity contribution in [2.45, 2.75) is 25.7 Å². The number of aromatic amines is 1. The highest BCUT2D eigenvalue weighted by Gasteiger charge is 2.26. The van der Waals surface area contributed by atoms with Crippen LogP contribution in [-0.4, -0.2) is 53.3 Å². The zero-order valence-corrected chi connectivity index (χ0v) is 18.1. The molecule has 1 aromatic heterocycles. The normalized spacial score (nSPS) is 14.0. The van der Waals surface area contributed by atoms with Gasteiger partial charge in [-0.25, -0.2) is 0 Å². The Labute approximate surface area is 183 Å². The number of amides is 2. The second-order valence-corrected chi connectivity index (χ2v) is 7.83. The van der Waals surface area contributed by atoms with Gasteiger partial charge in [0.1, 0.15) is 0 Å². The fourth-order valence-corrected chi connectivity index (χ4v) is 4.07. The number of para-hydroxylation sites is 1. The zero-order valence-electron chi connectivity index (χ0n) is 17.3. The van der Waals surface area contributed by atoms with Crippen LogP contribution in [0.4, 0.5) is 0 Å². The van der Waals surface area contributed by atoms with E-state index in [-0.39, 0.29) is 24.2 Å². The lowest BCUT2D eigenvalue weighted by molar-refractivity contribution is -0.143. The number of carbonyl (C=O) groups is 2. The second-order valence-electron chi connectivity index (χ2n) is 7.83. The molecule has 1 aliphatic rings. The summed E-state index contributed by atoms with van der Waals surface area (Å²) in [5, 5.41) is 1.28. The minimum absolute atomic E-state index is 0. The van der Waals surface area contributed by atoms with Crippen molar-refractivity contribution in [2.75, 3.05) is 26.7 Å². The molecule has 2 aromatic carbocycles. The lowest BCUT2D eigenvalue weighted by Crippen LogP contribution is -2.39. The fraction of sp³-hybridized carbons (Fsp3) is 0.333. The standard InChI is InChI=1S/C24H27N3O2.ClH/c1-26(14-11-20-17-25-22-10-5-4-9-21(20)22)12-6-13-27-23(28)15-18-7-2-3-8-19(18)16-24(27)29;/h2-5,7-10,17,25H,6,11-16H2,1H3;1H. The van der Waals surface area contributed by atoms with Crippen LogP contribution in [0.1, 0.15) is 23.1 Å². The van der Waals surface area contributed by atoms with E-state index in [9.17, 15) is 9.59 Å². The molecule has 0 fully saturated rings. The van der Waals surface area contributed by atoms with E-state index in [1.807, 2.05) is 30.3 Å². The fourth-order valence-electron chi connectivity index (χ4n) is 4.07. The molecule has 3 aromatic rings. The van der Waals surface area contributed by atoms with Crippen molar-refractivity contribution in [3.8, 4) is 0 Å². The highest BCUT2D eigenvalue weighted by atomic mass is 35.5. The Balaban J connectivity index is 0.00000256. The largest absolute Gasteiger partial charge is 0.361 e. The number of likely N-dealkylation sites (N-methyl/N-ethyl adjacent to an activating group) is 1. The van der Waals surface area contributed by atoms with Crippen LogP contribution >= 0.6 is 12.4 Å². The number of hydrogen-bond acceptors (Lipinski definition) is 3. The monoisotopic (exact) mass is 425 g/mol. The van der Waals surface area contributed by atoms with E-state index in [1.165, 1.54) is 21.4 Å². The predicted octanol–water partition coefficient (Wildman–Crippen LogP) is 3.61. The number of H-pyrrole nitrogens is 1. The van der Waals surface area contributed by atoms with Crippen molar-refractivity contribution >= 4 is 35.1 Å². The molecule has 158 valence electrons. The van der Waals surface area contributed by atoms with Crippen molar-refractivity contribution in [2.24, 2.45) is 0 Å². The predicted molar refractivity (Wildman–Crippen MR) is 122 cm³/mol. The van der Waals surface area contributed by atoms with Gasteiger partial charge in [-0.3, -0.25) is 14.5 Å². The summed E-state index contributed by atoms with van der Waals surface area (Å²) in [6, 6.07) is 16.1. The highest BCUT2D eigenvalue weighted by molar-refractivity contribution is 5.99. The minimum atomic E-state index is -0.0820. The van der Waals surface area contributed by atoms with E-state index >= 15 is 0 Å². The third-order valence-electron chi connectivity index (χ3n) is 5.76. The van der Waals surface area contributed by atoms with Crippen LogP contribution in [0.15, 0.2) is 54.7 Å². The molecule has 30 heavy (non-hydrogen) atoms. The van der Waals surface area contributed by atoms with Crippen LogP contribution in [-0.2, 0) is 28.9 Å². The van der Waals surface area contributed by atoms with Crippen molar-refractivity contribution in [1.29, 1.82) is 0 Å². The van der Waals surface area contributed by atoms with Gasteiger partial charge in [0.15, 0.2) is 0 Å². The van der Waals surface area contributed by atoms with Crippen molar-refractivity contribution in [1.82, 2.24) is 14.8 Å². The van der Waals surface area contributed by atoms with E-state index < -0.39 is 0 Å². The Bertz CT molecular complexity index is 993. The first kappa shape index (κ1) is 22.1. The van der Waals surface area contributed by atoms with Gasteiger partial charge in [0.05, 0.1) is 12.8 Å². The Morgan fingerprint density at radius 3 is 2.27 bits per heavy atom. The molecule has 4 rings (SSSR count). The average Bonchev–Trinajstić information content (AvgIpc) is 3.09. The van der Waals surface area contributed by atoms with E-state index in [0.717, 1.165) is 37.1 Å². The molecule has 6 heteroatoms. The molecule has 5 nitrogen and oxygen atoms in total. The summed E-state index contributed by atoms with van der Waals surface area (Å²) >= 11 is 0. The number of benzene rings is 2. The number of halogens is 1. The maximum Gasteiger partial charge on any atom is 0.233 e. The minimum Gasteiger partial charge on any atom is -0.361 e. The lowest BCUT2D eigenvalue weighted by atomic mass is 10.0. The number of imide groups is 1. The molecule has 2 amide bonds. The van der Waals surface area contributed by atoms with Gasteiger partial charge in [-0.15, -0.1) is 12.4 Å². The molecule has 1 N–H and O–H groups in total. The third-order valence-corrected chi connectivity index (χ3v) is 5.76. The van der Waals surface area contributed by atoms with Crippen LogP contribution in [0.5, 0.6) is 0 Å². The maximum absolute atomic E-state index is 12.6. The molecule has 2 heterocycles. The van der Waals surface area contributed by atoms with Crippen LogP contribution in [0.25, 0.3) is 10.9 Å². The van der Waals surface area contributed by atoms with Gasteiger partial charge >= 0.3 is 0 Å². The molecule has 0 saturated carbocycles. The SMILES string of the molecule is CN(CCCN1C(=O)Cc2ccccc2CC1=O)CCc1c[nH]c2ccccc12.Cl. The maximum atomic E-state index is 12.6. The van der Waals surface area contributed by atoms with Gasteiger partial charge in [0.25, 0.3) is 0 Å².